The van der Waals surface area contributed by atoms with Gasteiger partial charge < -0.3 is 15.0 Å². The van der Waals surface area contributed by atoms with Crippen LogP contribution in [0, 0.1) is 87.3 Å². The fraction of sp³-hybridized carbons (Fsp3) is 0.0541. The topological polar surface area (TPSA) is 169 Å². The second kappa shape index (κ2) is 15.9. The number of aromatic amines is 3. The minimum absolute atomic E-state index is 0. The van der Waals surface area contributed by atoms with Crippen LogP contribution in [0.15, 0.2) is 21.9 Å². The van der Waals surface area contributed by atoms with Crippen LogP contribution in [0.25, 0.3) is 67.6 Å². The number of fused-ring (bicyclic) bond motifs is 9. The van der Waals surface area contributed by atoms with Gasteiger partial charge in [-0.1, -0.05) is 0 Å². The van der Waals surface area contributed by atoms with E-state index in [1.165, 1.54) is 0 Å². The Morgan fingerprint density at radius 2 is 0.708 bits per heavy atom. The zero-order valence-corrected chi connectivity index (χ0v) is 34.8. The molecule has 5 heterocycles. The van der Waals surface area contributed by atoms with Gasteiger partial charge in [-0.3, -0.25) is 9.11 Å². The fourth-order valence-corrected chi connectivity index (χ4v) is 8.60. The number of H-pyrrole nitrogens is 3. The maximum absolute atomic E-state index is 15.8. The second-order valence-electron chi connectivity index (χ2n) is 13.6. The number of hydrogen-bond acceptors (Lipinski definition) is 5. The van der Waals surface area contributed by atoms with E-state index in [0.717, 1.165) is 0 Å². The average Bonchev–Trinajstić information content (AvgIpc) is 4.07. The fourth-order valence-electron chi connectivity index (χ4n) is 7.24. The Hall–Kier alpha value is -5.94. The number of nitrogens with one attached hydrogen (secondary N) is 3. The Balaban J connectivity index is 0.00000630. The van der Waals surface area contributed by atoms with Crippen molar-refractivity contribution >= 4 is 74.2 Å². The minimum atomic E-state index is -5.89. The van der Waals surface area contributed by atoms with E-state index in [1.54, 1.807) is 0 Å². The largest absolute Gasteiger partial charge is 3.00 e. The van der Waals surface area contributed by atoms with Crippen molar-refractivity contribution in [2.75, 3.05) is 0 Å². The van der Waals surface area contributed by atoms with Crippen molar-refractivity contribution in [2.45, 2.75) is 22.6 Å². The Morgan fingerprint density at radius 3 is 1.12 bits per heavy atom. The summed E-state index contributed by atoms with van der Waals surface area (Å²) >= 11 is 0. The first kappa shape index (κ1) is 47.0. The van der Waals surface area contributed by atoms with Crippen LogP contribution >= 0.6 is 0 Å². The number of nitrogens with zero attached hydrogens (tertiary/aromatic N) is 1. The van der Waals surface area contributed by atoms with Crippen molar-refractivity contribution in [1.29, 1.82) is 0 Å². The molecule has 0 aliphatic carbocycles. The van der Waals surface area contributed by atoms with E-state index in [4.69, 9.17) is 0 Å². The third-order valence-electron chi connectivity index (χ3n) is 9.97. The standard InChI is InChI=1S/C37H13F15N4O6S2.Ga/c38-21-18(22(39)28(45)33(50)27(21)44)15-7-1-2-9(53-7)16(19-23(40)29(46)34(51)30(47)24(19)41)11-5-13(63(57,58)59)36(55-11)12-6-14(64(60,61)62)37(56-12)17(10-4-3-8(15)54-10)20-25(42)31(48)35(52)32(49)26(20)43;/h1-2,5-6,54-56H,3-4H2,(H,57,58,59)(H,60,61,62);/q;+3. The van der Waals surface area contributed by atoms with Crippen LogP contribution in [0.1, 0.15) is 22.8 Å². The van der Waals surface area contributed by atoms with Crippen molar-refractivity contribution in [2.24, 2.45) is 0 Å². The molecule has 8 bridgehead atoms. The summed E-state index contributed by atoms with van der Waals surface area (Å²) in [6, 6.07) is 0.403. The Bertz CT molecular complexity index is 3510. The summed E-state index contributed by atoms with van der Waals surface area (Å²) in [5, 5.41) is 0. The third-order valence-corrected chi connectivity index (χ3v) is 11.7. The molecule has 0 atom stereocenters. The number of aromatic nitrogens is 4. The monoisotopic (exact) mass is 1030 g/mol. The number of hydrogen-bond donors (Lipinski definition) is 5. The van der Waals surface area contributed by atoms with Gasteiger partial charge >= 0.3 is 19.8 Å². The number of aryl methyl sites for hydroxylation is 2. The molecule has 2 aliphatic rings. The quantitative estimate of drug-likeness (QED) is 0.0376. The predicted molar refractivity (Wildman–Crippen MR) is 195 cm³/mol. The van der Waals surface area contributed by atoms with Crippen molar-refractivity contribution in [3.63, 3.8) is 0 Å². The van der Waals surface area contributed by atoms with Gasteiger partial charge in [-0.15, -0.1) is 0 Å². The molecular formula is C37H13F15GaN4O6S2+3. The first-order chi connectivity index (χ1) is 29.8. The summed E-state index contributed by atoms with van der Waals surface area (Å²) in [6.07, 6.45) is -0.633. The molecule has 10 nitrogen and oxygen atoms in total. The van der Waals surface area contributed by atoms with Gasteiger partial charge in [-0.05, 0) is 37.1 Å². The van der Waals surface area contributed by atoms with Gasteiger partial charge in [-0.25, -0.2) is 70.8 Å². The molecular weight excluding hydrogens is 1020 g/mol. The first-order valence-electron chi connectivity index (χ1n) is 17.0. The van der Waals surface area contributed by atoms with Crippen LogP contribution in [-0.4, -0.2) is 65.7 Å². The summed E-state index contributed by atoms with van der Waals surface area (Å²) < 4.78 is 299. The normalized spacial score (nSPS) is 12.9. The molecule has 28 heteroatoms. The summed E-state index contributed by atoms with van der Waals surface area (Å²) in [7, 11) is -11.7. The second-order valence-corrected chi connectivity index (χ2v) is 16.3. The molecule has 3 aromatic heterocycles. The third kappa shape index (κ3) is 7.12. The van der Waals surface area contributed by atoms with Crippen molar-refractivity contribution in [1.82, 2.24) is 19.9 Å². The Kier molecular flexibility index (Phi) is 11.5. The van der Waals surface area contributed by atoms with Gasteiger partial charge in [0.1, 0.15) is 9.79 Å². The maximum Gasteiger partial charge on any atom is 3.00 e. The molecule has 5 N–H and O–H groups in total. The molecule has 65 heavy (non-hydrogen) atoms. The van der Waals surface area contributed by atoms with Crippen molar-refractivity contribution in [3.05, 3.63) is 122 Å². The van der Waals surface area contributed by atoms with Gasteiger partial charge in [0.2, 0.25) is 17.5 Å². The summed E-state index contributed by atoms with van der Waals surface area (Å²) in [5.41, 5.74) is -18.8. The molecule has 0 amide bonds. The van der Waals surface area contributed by atoms with E-state index < -0.39 is 208 Å². The molecule has 0 radical (unpaired) electrons. The van der Waals surface area contributed by atoms with Gasteiger partial charge in [-0.2, -0.15) is 16.8 Å². The minimum Gasteiger partial charge on any atom is -0.361 e. The van der Waals surface area contributed by atoms with E-state index in [1.807, 2.05) is 0 Å². The smallest absolute Gasteiger partial charge is 0.361 e. The summed E-state index contributed by atoms with van der Waals surface area (Å²) in [4.78, 5) is 7.14. The number of rotatable bonds is 5. The van der Waals surface area contributed by atoms with Crippen LogP contribution in [-0.2, 0) is 33.1 Å². The summed E-state index contributed by atoms with van der Waals surface area (Å²) in [5.74, 6) is -40.2. The van der Waals surface area contributed by atoms with E-state index >= 15 is 26.3 Å². The molecule has 0 unspecified atom stereocenters. The predicted octanol–water partition coefficient (Wildman–Crippen LogP) is 9.40. The van der Waals surface area contributed by atoms with Crippen molar-refractivity contribution in [3.8, 4) is 33.4 Å². The first-order valence-corrected chi connectivity index (χ1v) is 19.9. The van der Waals surface area contributed by atoms with Crippen molar-refractivity contribution < 1.29 is 91.8 Å². The van der Waals surface area contributed by atoms with Crippen LogP contribution < -0.4 is 0 Å². The van der Waals surface area contributed by atoms with Crippen LogP contribution in [0.3, 0.4) is 0 Å². The summed E-state index contributed by atoms with van der Waals surface area (Å²) in [6.45, 7) is 0. The van der Waals surface area contributed by atoms with Gasteiger partial charge in [0.25, 0.3) is 20.2 Å². The maximum atomic E-state index is 15.8. The Morgan fingerprint density at radius 1 is 0.400 bits per heavy atom. The van der Waals surface area contributed by atoms with Crippen LogP contribution in [0.2, 0.25) is 0 Å². The molecule has 334 valence electrons. The Labute approximate surface area is 363 Å². The SMILES string of the molecule is O=S(=O)(O)c1cc2[nH]c1c(-c1c(F)c(F)c(F)c(F)c1F)c1[nH]c(c(-c3c(F)c(F)c(F)c(F)c3F)c3nc(c(-c4c(F)c(F)c(F)c(F)c4F)c4cc(S(=O)(=O)O)c2[nH]4)C=C3)CC1.[Ga+3]. The molecule has 0 saturated carbocycles. The molecule has 6 aromatic rings. The van der Waals surface area contributed by atoms with E-state index in [2.05, 4.69) is 19.9 Å². The van der Waals surface area contributed by atoms with E-state index in [0.29, 0.717) is 12.2 Å². The van der Waals surface area contributed by atoms with Gasteiger partial charge in [0.15, 0.2) is 69.8 Å². The van der Waals surface area contributed by atoms with E-state index in [9.17, 15) is 65.5 Å². The van der Waals surface area contributed by atoms with E-state index in [-0.39, 0.29) is 31.9 Å². The molecule has 0 spiro atoms. The zero-order chi connectivity index (χ0) is 47.0. The molecule has 0 saturated heterocycles. The zero-order valence-electron chi connectivity index (χ0n) is 30.8. The number of benzene rings is 3. The van der Waals surface area contributed by atoms with Gasteiger partial charge in [0.05, 0.1) is 50.1 Å². The average molecular weight is 1030 g/mol. The molecule has 8 rings (SSSR count). The molecule has 0 fully saturated rings. The van der Waals surface area contributed by atoms with Gasteiger partial charge in [0, 0.05) is 28.1 Å². The molecule has 3 aromatic carbocycles. The number of halogens is 15. The van der Waals surface area contributed by atoms with Crippen LogP contribution in [0.4, 0.5) is 65.9 Å². The molecule has 2 aliphatic heterocycles. The van der Waals surface area contributed by atoms with Crippen LogP contribution in [0.5, 0.6) is 0 Å².